The van der Waals surface area contributed by atoms with Gasteiger partial charge in [0.1, 0.15) is 5.75 Å². The van der Waals surface area contributed by atoms with Gasteiger partial charge in [-0.3, -0.25) is 0 Å². The fraction of sp³-hybridized carbons (Fsp3) is 0.364. The van der Waals surface area contributed by atoms with Gasteiger partial charge in [-0.15, -0.1) is 10.2 Å². The number of aromatic nitrogens is 3. The molecule has 0 atom stereocenters. The fourth-order valence-corrected chi connectivity index (χ4v) is 4.27. The minimum absolute atomic E-state index is 0.461. The molecular weight excluding hydrogens is 473 g/mol. The van der Waals surface area contributed by atoms with Crippen LogP contribution in [0.15, 0.2) is 41.6 Å². The van der Waals surface area contributed by atoms with Crippen LogP contribution < -0.4 is 14.2 Å². The molecule has 0 spiro atoms. The largest absolute Gasteiger partial charge is 0.493 e. The van der Waals surface area contributed by atoms with Crippen molar-refractivity contribution in [1.82, 2.24) is 14.8 Å². The summed E-state index contributed by atoms with van der Waals surface area (Å²) in [4.78, 5) is 0. The molecule has 0 aliphatic carbocycles. The lowest BCUT2D eigenvalue weighted by molar-refractivity contribution is 0.189. The fourth-order valence-electron chi connectivity index (χ4n) is 3.03. The Hall–Kier alpha value is -2.13. The molecule has 0 unspecified atom stereocenters. The zero-order chi connectivity index (χ0) is 22.9. The molecule has 0 saturated carbocycles. The number of rotatable bonds is 12. The van der Waals surface area contributed by atoms with Crippen molar-refractivity contribution in [3.63, 3.8) is 0 Å². The van der Waals surface area contributed by atoms with Gasteiger partial charge in [0, 0.05) is 36.6 Å². The Balaban J connectivity index is 1.73. The quantitative estimate of drug-likeness (QED) is 0.242. The molecule has 1 heterocycles. The van der Waals surface area contributed by atoms with Crippen LogP contribution in [0.4, 0.5) is 0 Å². The van der Waals surface area contributed by atoms with Gasteiger partial charge >= 0.3 is 0 Å². The van der Waals surface area contributed by atoms with Crippen molar-refractivity contribution >= 4 is 35.0 Å². The van der Waals surface area contributed by atoms with Gasteiger partial charge in [-0.2, -0.15) is 0 Å². The van der Waals surface area contributed by atoms with E-state index in [-0.39, 0.29) is 0 Å². The zero-order valence-electron chi connectivity index (χ0n) is 18.1. The van der Waals surface area contributed by atoms with Crippen LogP contribution in [0, 0.1) is 0 Å². The molecule has 3 aromatic rings. The first-order valence-corrected chi connectivity index (χ1v) is 11.7. The highest BCUT2D eigenvalue weighted by Gasteiger charge is 2.16. The SMILES string of the molecule is COCCCn1c(SCCOc2ccc(Cl)cc2Cl)nnc1-c1ccc(OC)c(OC)c1. The van der Waals surface area contributed by atoms with Crippen molar-refractivity contribution in [3.8, 4) is 28.6 Å². The summed E-state index contributed by atoms with van der Waals surface area (Å²) < 4.78 is 23.9. The number of ether oxygens (including phenoxy) is 4. The number of hydrogen-bond donors (Lipinski definition) is 0. The Bertz CT molecular complexity index is 1030. The topological polar surface area (TPSA) is 67.6 Å². The molecule has 0 aliphatic heterocycles. The molecule has 0 aliphatic rings. The van der Waals surface area contributed by atoms with Crippen LogP contribution in [0.5, 0.6) is 17.2 Å². The monoisotopic (exact) mass is 497 g/mol. The van der Waals surface area contributed by atoms with Gasteiger partial charge in [0.15, 0.2) is 22.5 Å². The van der Waals surface area contributed by atoms with Gasteiger partial charge in [-0.25, -0.2) is 0 Å². The van der Waals surface area contributed by atoms with Crippen molar-refractivity contribution in [3.05, 3.63) is 46.4 Å². The molecule has 0 bridgehead atoms. The van der Waals surface area contributed by atoms with E-state index in [1.807, 2.05) is 18.2 Å². The van der Waals surface area contributed by atoms with Crippen molar-refractivity contribution in [2.24, 2.45) is 0 Å². The maximum Gasteiger partial charge on any atom is 0.191 e. The Morgan fingerprint density at radius 1 is 0.906 bits per heavy atom. The van der Waals surface area contributed by atoms with Crippen molar-refractivity contribution < 1.29 is 18.9 Å². The summed E-state index contributed by atoms with van der Waals surface area (Å²) in [5.41, 5.74) is 0.892. The van der Waals surface area contributed by atoms with E-state index in [4.69, 9.17) is 42.1 Å². The van der Waals surface area contributed by atoms with E-state index in [1.54, 1.807) is 51.3 Å². The first-order chi connectivity index (χ1) is 15.6. The maximum absolute atomic E-state index is 6.17. The van der Waals surface area contributed by atoms with Crippen LogP contribution in [-0.4, -0.2) is 55.1 Å². The number of thioether (sulfide) groups is 1. The summed E-state index contributed by atoms with van der Waals surface area (Å²) in [6, 6.07) is 10.9. The standard InChI is InChI=1S/C22H25Cl2N3O4S/c1-28-10-4-9-27-21(15-5-7-19(29-2)20(13-15)30-3)25-26-22(27)32-12-11-31-18-8-6-16(23)14-17(18)24/h5-8,13-14H,4,9-12H2,1-3H3. The maximum atomic E-state index is 6.17. The Morgan fingerprint density at radius 2 is 1.69 bits per heavy atom. The highest BCUT2D eigenvalue weighted by Crippen LogP contribution is 2.33. The van der Waals surface area contributed by atoms with E-state index < -0.39 is 0 Å². The number of halogens is 2. The van der Waals surface area contributed by atoms with Gasteiger partial charge in [0.05, 0.1) is 25.8 Å². The molecule has 0 N–H and O–H groups in total. The molecule has 2 aromatic carbocycles. The Kier molecular flexibility index (Phi) is 9.35. The zero-order valence-corrected chi connectivity index (χ0v) is 20.5. The minimum Gasteiger partial charge on any atom is -0.493 e. The van der Waals surface area contributed by atoms with E-state index in [1.165, 1.54) is 0 Å². The molecular formula is C22H25Cl2N3O4S. The third kappa shape index (κ3) is 6.22. The van der Waals surface area contributed by atoms with Crippen molar-refractivity contribution in [2.45, 2.75) is 18.1 Å². The molecule has 0 saturated heterocycles. The molecule has 32 heavy (non-hydrogen) atoms. The lowest BCUT2D eigenvalue weighted by atomic mass is 10.2. The van der Waals surface area contributed by atoms with Crippen LogP contribution in [0.1, 0.15) is 6.42 Å². The highest BCUT2D eigenvalue weighted by atomic mass is 35.5. The average molecular weight is 498 g/mol. The molecule has 172 valence electrons. The first kappa shape index (κ1) is 24.5. The molecule has 10 heteroatoms. The average Bonchev–Trinajstić information content (AvgIpc) is 3.20. The van der Waals surface area contributed by atoms with Crippen molar-refractivity contribution in [2.75, 3.05) is 40.3 Å². The minimum atomic E-state index is 0.461. The second kappa shape index (κ2) is 12.2. The highest BCUT2D eigenvalue weighted by molar-refractivity contribution is 7.99. The Morgan fingerprint density at radius 3 is 2.41 bits per heavy atom. The van der Waals surface area contributed by atoms with E-state index in [0.29, 0.717) is 46.3 Å². The summed E-state index contributed by atoms with van der Waals surface area (Å²) >= 11 is 13.7. The summed E-state index contributed by atoms with van der Waals surface area (Å²) in [5, 5.41) is 10.7. The van der Waals surface area contributed by atoms with Crippen LogP contribution in [0.25, 0.3) is 11.4 Å². The van der Waals surface area contributed by atoms with Gasteiger partial charge in [-0.1, -0.05) is 35.0 Å². The van der Waals surface area contributed by atoms with Gasteiger partial charge in [0.25, 0.3) is 0 Å². The van der Waals surface area contributed by atoms with Crippen LogP contribution in [0.2, 0.25) is 10.0 Å². The summed E-state index contributed by atoms with van der Waals surface area (Å²) in [6.45, 7) is 1.82. The lowest BCUT2D eigenvalue weighted by Crippen LogP contribution is -2.07. The van der Waals surface area contributed by atoms with Crippen LogP contribution in [0.3, 0.4) is 0 Å². The number of benzene rings is 2. The molecule has 0 fully saturated rings. The third-order valence-corrected chi connectivity index (χ3v) is 6.02. The predicted octanol–water partition coefficient (Wildman–Crippen LogP) is 5.48. The number of methoxy groups -OCH3 is 3. The van der Waals surface area contributed by atoms with Gasteiger partial charge < -0.3 is 23.5 Å². The first-order valence-electron chi connectivity index (χ1n) is 9.92. The summed E-state index contributed by atoms with van der Waals surface area (Å²) in [5.74, 6) is 3.33. The van der Waals surface area contributed by atoms with Gasteiger partial charge in [-0.05, 0) is 42.8 Å². The lowest BCUT2D eigenvalue weighted by Gasteiger charge is -2.12. The molecule has 7 nitrogen and oxygen atoms in total. The third-order valence-electron chi connectivity index (χ3n) is 4.55. The smallest absolute Gasteiger partial charge is 0.191 e. The van der Waals surface area contributed by atoms with E-state index in [9.17, 15) is 0 Å². The molecule has 0 amide bonds. The van der Waals surface area contributed by atoms with Crippen LogP contribution >= 0.6 is 35.0 Å². The molecule has 3 rings (SSSR count). The van der Waals surface area contributed by atoms with E-state index in [0.717, 1.165) is 29.5 Å². The Labute approximate surface area is 201 Å². The second-order valence-electron chi connectivity index (χ2n) is 6.65. The predicted molar refractivity (Wildman–Crippen MR) is 128 cm³/mol. The van der Waals surface area contributed by atoms with E-state index >= 15 is 0 Å². The molecule has 0 radical (unpaired) electrons. The van der Waals surface area contributed by atoms with Crippen LogP contribution in [-0.2, 0) is 11.3 Å². The van der Waals surface area contributed by atoms with Crippen molar-refractivity contribution in [1.29, 1.82) is 0 Å². The second-order valence-corrected chi connectivity index (χ2v) is 8.55. The van der Waals surface area contributed by atoms with E-state index in [2.05, 4.69) is 14.8 Å². The molecule has 1 aromatic heterocycles. The summed E-state index contributed by atoms with van der Waals surface area (Å²) in [7, 11) is 4.91. The number of nitrogens with zero attached hydrogens (tertiary/aromatic N) is 3. The van der Waals surface area contributed by atoms with Gasteiger partial charge in [0.2, 0.25) is 0 Å². The summed E-state index contributed by atoms with van der Waals surface area (Å²) in [6.07, 6.45) is 0.833. The number of hydrogen-bond acceptors (Lipinski definition) is 7. The normalized spacial score (nSPS) is 10.9.